The van der Waals surface area contributed by atoms with Gasteiger partial charge in [0.05, 0.1) is 6.61 Å². The van der Waals surface area contributed by atoms with Crippen LogP contribution in [0.1, 0.15) is 27.4 Å². The molecule has 0 aromatic carbocycles. The van der Waals surface area contributed by atoms with Crippen molar-refractivity contribution in [3.63, 3.8) is 0 Å². The molecule has 0 unspecified atom stereocenters. The maximum atomic E-state index is 12.4. The standard InChI is InChI=1S/C14H19N3O4/c18-10-9-16-5-2-6-17(8-7-16)13(19)11-3-1-4-12(15-11)14(20)21/h1,3-4,18H,2,5-10H2,(H,20,21). The molecule has 21 heavy (non-hydrogen) atoms. The highest BCUT2D eigenvalue weighted by molar-refractivity contribution is 5.94. The highest BCUT2D eigenvalue weighted by atomic mass is 16.4. The van der Waals surface area contributed by atoms with Gasteiger partial charge in [-0.2, -0.15) is 0 Å². The van der Waals surface area contributed by atoms with Crippen LogP contribution >= 0.6 is 0 Å². The van der Waals surface area contributed by atoms with Gasteiger partial charge in [-0.15, -0.1) is 0 Å². The molecule has 1 aromatic heterocycles. The number of aliphatic hydroxyl groups is 1. The highest BCUT2D eigenvalue weighted by Crippen LogP contribution is 2.08. The topological polar surface area (TPSA) is 94.0 Å². The van der Waals surface area contributed by atoms with Gasteiger partial charge in [-0.25, -0.2) is 9.78 Å². The molecule has 0 saturated carbocycles. The van der Waals surface area contributed by atoms with Crippen LogP contribution in [0, 0.1) is 0 Å². The lowest BCUT2D eigenvalue weighted by molar-refractivity contribution is 0.0690. The second kappa shape index (κ2) is 7.14. The average molecular weight is 293 g/mol. The Labute approximate surface area is 122 Å². The van der Waals surface area contributed by atoms with Gasteiger partial charge in [0.1, 0.15) is 11.4 Å². The van der Waals surface area contributed by atoms with Gasteiger partial charge in [0.25, 0.3) is 5.91 Å². The van der Waals surface area contributed by atoms with E-state index in [9.17, 15) is 9.59 Å². The predicted octanol–water partition coefficient (Wildman–Crippen LogP) is -0.0800. The Balaban J connectivity index is 2.06. The van der Waals surface area contributed by atoms with Crippen molar-refractivity contribution in [3.05, 3.63) is 29.6 Å². The van der Waals surface area contributed by atoms with Crippen molar-refractivity contribution in [1.29, 1.82) is 0 Å². The quantitative estimate of drug-likeness (QED) is 0.806. The number of hydrogen-bond acceptors (Lipinski definition) is 5. The van der Waals surface area contributed by atoms with E-state index in [-0.39, 0.29) is 23.9 Å². The van der Waals surface area contributed by atoms with E-state index in [1.807, 2.05) is 0 Å². The third-order valence-corrected chi connectivity index (χ3v) is 3.48. The molecule has 0 radical (unpaired) electrons. The van der Waals surface area contributed by atoms with Gasteiger partial charge in [0.15, 0.2) is 0 Å². The molecular weight excluding hydrogens is 274 g/mol. The number of carbonyl (C=O) groups is 2. The van der Waals surface area contributed by atoms with Gasteiger partial charge in [-0.1, -0.05) is 6.07 Å². The lowest BCUT2D eigenvalue weighted by atomic mass is 10.2. The third-order valence-electron chi connectivity index (χ3n) is 3.48. The molecule has 1 aliphatic heterocycles. The number of carboxylic acids is 1. The largest absolute Gasteiger partial charge is 0.477 e. The average Bonchev–Trinajstić information content (AvgIpc) is 2.73. The van der Waals surface area contributed by atoms with Gasteiger partial charge >= 0.3 is 5.97 Å². The minimum Gasteiger partial charge on any atom is -0.477 e. The van der Waals surface area contributed by atoms with Gasteiger partial charge in [-0.3, -0.25) is 9.69 Å². The minimum absolute atomic E-state index is 0.107. The normalized spacial score (nSPS) is 16.5. The summed E-state index contributed by atoms with van der Waals surface area (Å²) in [6, 6.07) is 4.43. The van der Waals surface area contributed by atoms with Crippen LogP contribution in [0.2, 0.25) is 0 Å². The summed E-state index contributed by atoms with van der Waals surface area (Å²) in [6.45, 7) is 3.42. The SMILES string of the molecule is O=C(O)c1cccc(C(=O)N2CCCN(CCO)CC2)n1. The number of aromatic carboxylic acids is 1. The van der Waals surface area contributed by atoms with Crippen molar-refractivity contribution in [2.24, 2.45) is 0 Å². The van der Waals surface area contributed by atoms with Crippen molar-refractivity contribution in [2.45, 2.75) is 6.42 Å². The van der Waals surface area contributed by atoms with Crippen LogP contribution in [0.25, 0.3) is 0 Å². The lowest BCUT2D eigenvalue weighted by Gasteiger charge is -2.21. The summed E-state index contributed by atoms with van der Waals surface area (Å²) >= 11 is 0. The fraction of sp³-hybridized carbons (Fsp3) is 0.500. The molecule has 1 aliphatic rings. The minimum atomic E-state index is -1.14. The summed E-state index contributed by atoms with van der Waals surface area (Å²) in [5.74, 6) is -1.39. The zero-order valence-electron chi connectivity index (χ0n) is 11.7. The van der Waals surface area contributed by atoms with Crippen molar-refractivity contribution < 1.29 is 19.8 Å². The Hall–Kier alpha value is -1.99. The number of carboxylic acid groups (broad SMARTS) is 1. The van der Waals surface area contributed by atoms with E-state index < -0.39 is 5.97 Å². The summed E-state index contributed by atoms with van der Waals surface area (Å²) < 4.78 is 0. The molecule has 1 amide bonds. The Morgan fingerprint density at radius 2 is 1.90 bits per heavy atom. The molecule has 1 aromatic rings. The van der Waals surface area contributed by atoms with E-state index in [1.165, 1.54) is 18.2 Å². The second-order valence-corrected chi connectivity index (χ2v) is 4.92. The van der Waals surface area contributed by atoms with E-state index in [0.29, 0.717) is 26.2 Å². The van der Waals surface area contributed by atoms with E-state index in [0.717, 1.165) is 13.0 Å². The highest BCUT2D eigenvalue weighted by Gasteiger charge is 2.21. The molecule has 0 bridgehead atoms. The zero-order valence-corrected chi connectivity index (χ0v) is 11.7. The fourth-order valence-electron chi connectivity index (χ4n) is 2.37. The first-order valence-corrected chi connectivity index (χ1v) is 6.94. The van der Waals surface area contributed by atoms with Crippen LogP contribution in [-0.4, -0.2) is 76.2 Å². The summed E-state index contributed by atoms with van der Waals surface area (Å²) in [5.41, 5.74) is 0.0306. The molecule has 2 N–H and O–H groups in total. The second-order valence-electron chi connectivity index (χ2n) is 4.92. The Kier molecular flexibility index (Phi) is 5.24. The molecule has 114 valence electrons. The summed E-state index contributed by atoms with van der Waals surface area (Å²) in [7, 11) is 0. The molecule has 2 rings (SSSR count). The van der Waals surface area contributed by atoms with Gasteiger partial charge in [0.2, 0.25) is 0 Å². The van der Waals surface area contributed by atoms with E-state index in [1.54, 1.807) is 4.90 Å². The molecule has 1 fully saturated rings. The summed E-state index contributed by atoms with van der Waals surface area (Å²) in [5, 5.41) is 17.9. The molecular formula is C14H19N3O4. The van der Waals surface area contributed by atoms with Crippen molar-refractivity contribution in [2.75, 3.05) is 39.3 Å². The molecule has 1 saturated heterocycles. The smallest absolute Gasteiger partial charge is 0.354 e. The number of nitrogens with zero attached hydrogens (tertiary/aromatic N) is 3. The number of β-amino-alcohol motifs (C(OH)–C–C–N with tert-alkyl or cyclic N) is 1. The molecule has 0 atom stereocenters. The number of aromatic nitrogens is 1. The summed E-state index contributed by atoms with van der Waals surface area (Å²) in [4.78, 5) is 31.0. The zero-order chi connectivity index (χ0) is 15.2. The van der Waals surface area contributed by atoms with Crippen LogP contribution < -0.4 is 0 Å². The van der Waals surface area contributed by atoms with Crippen LogP contribution in [0.15, 0.2) is 18.2 Å². The molecule has 0 spiro atoms. The summed E-state index contributed by atoms with van der Waals surface area (Å²) in [6.07, 6.45) is 0.824. The Morgan fingerprint density at radius 1 is 1.14 bits per heavy atom. The first-order valence-electron chi connectivity index (χ1n) is 6.94. The number of amides is 1. The molecule has 0 aliphatic carbocycles. The van der Waals surface area contributed by atoms with Crippen molar-refractivity contribution in [1.82, 2.24) is 14.8 Å². The van der Waals surface area contributed by atoms with Gasteiger partial charge in [0, 0.05) is 26.2 Å². The van der Waals surface area contributed by atoms with Crippen LogP contribution in [-0.2, 0) is 0 Å². The number of carbonyl (C=O) groups excluding carboxylic acids is 1. The van der Waals surface area contributed by atoms with Gasteiger partial charge in [-0.05, 0) is 25.1 Å². The third kappa shape index (κ3) is 3.99. The maximum absolute atomic E-state index is 12.4. The van der Waals surface area contributed by atoms with Crippen molar-refractivity contribution >= 4 is 11.9 Å². The number of rotatable bonds is 4. The van der Waals surface area contributed by atoms with E-state index >= 15 is 0 Å². The molecule has 7 nitrogen and oxygen atoms in total. The number of aliphatic hydroxyl groups excluding tert-OH is 1. The van der Waals surface area contributed by atoms with Crippen molar-refractivity contribution in [3.8, 4) is 0 Å². The molecule has 2 heterocycles. The van der Waals surface area contributed by atoms with E-state index in [2.05, 4.69) is 9.88 Å². The first-order chi connectivity index (χ1) is 10.1. The van der Waals surface area contributed by atoms with Crippen LogP contribution in [0.5, 0.6) is 0 Å². The monoisotopic (exact) mass is 293 g/mol. The molecule has 7 heteroatoms. The Bertz CT molecular complexity index is 521. The number of pyridine rings is 1. The maximum Gasteiger partial charge on any atom is 0.354 e. The first kappa shape index (κ1) is 15.4. The number of hydrogen-bond donors (Lipinski definition) is 2. The van der Waals surface area contributed by atoms with E-state index in [4.69, 9.17) is 10.2 Å². The van der Waals surface area contributed by atoms with Crippen LogP contribution in [0.4, 0.5) is 0 Å². The van der Waals surface area contributed by atoms with Gasteiger partial charge < -0.3 is 15.1 Å². The lowest BCUT2D eigenvalue weighted by Crippen LogP contribution is -2.36. The predicted molar refractivity (Wildman–Crippen MR) is 75.2 cm³/mol. The Morgan fingerprint density at radius 3 is 2.62 bits per heavy atom. The van der Waals surface area contributed by atoms with Crippen LogP contribution in [0.3, 0.4) is 0 Å². The fourth-order valence-corrected chi connectivity index (χ4v) is 2.37.